The van der Waals surface area contributed by atoms with Crippen LogP contribution in [-0.4, -0.2) is 23.5 Å². The molecule has 1 aromatic rings. The highest BCUT2D eigenvalue weighted by Crippen LogP contribution is 2.44. The molecular formula is C18H21NO3. The minimum absolute atomic E-state index is 0.00683. The molecule has 4 heteroatoms. The molecular weight excluding hydrogens is 278 g/mol. The summed E-state index contributed by atoms with van der Waals surface area (Å²) in [7, 11) is 0. The molecule has 3 aliphatic carbocycles. The highest BCUT2D eigenvalue weighted by atomic mass is 16.4. The SMILES string of the molecule is O=C(O)[C@H]1[C@H](C(=O)NCCc2ccccc2)[C@H]2C=C[C@H]1CC2. The number of nitrogens with one attached hydrogen (secondary N) is 1. The predicted molar refractivity (Wildman–Crippen MR) is 83.1 cm³/mol. The Hall–Kier alpha value is -2.10. The van der Waals surface area contributed by atoms with Crippen molar-refractivity contribution in [1.82, 2.24) is 5.32 Å². The number of amides is 1. The zero-order valence-corrected chi connectivity index (χ0v) is 12.4. The minimum atomic E-state index is -0.845. The number of carbonyl (C=O) groups excluding carboxylic acids is 1. The lowest BCUT2D eigenvalue weighted by Gasteiger charge is -2.41. The summed E-state index contributed by atoms with van der Waals surface area (Å²) < 4.78 is 0. The average molecular weight is 299 g/mol. The van der Waals surface area contributed by atoms with Gasteiger partial charge in [-0.1, -0.05) is 42.5 Å². The van der Waals surface area contributed by atoms with E-state index in [1.54, 1.807) is 0 Å². The number of benzene rings is 1. The van der Waals surface area contributed by atoms with Crippen LogP contribution in [0.4, 0.5) is 0 Å². The van der Waals surface area contributed by atoms with E-state index in [0.29, 0.717) is 6.54 Å². The van der Waals surface area contributed by atoms with Gasteiger partial charge in [0.1, 0.15) is 0 Å². The van der Waals surface area contributed by atoms with Gasteiger partial charge in [0.2, 0.25) is 5.91 Å². The molecule has 4 rings (SSSR count). The number of carboxylic acids is 1. The molecule has 22 heavy (non-hydrogen) atoms. The van der Waals surface area contributed by atoms with Crippen molar-refractivity contribution in [1.29, 1.82) is 0 Å². The maximum absolute atomic E-state index is 12.5. The first kappa shape index (κ1) is 14.8. The first-order chi connectivity index (χ1) is 10.7. The molecule has 2 N–H and O–H groups in total. The van der Waals surface area contributed by atoms with Gasteiger partial charge >= 0.3 is 5.97 Å². The Morgan fingerprint density at radius 2 is 1.68 bits per heavy atom. The molecule has 0 spiro atoms. The van der Waals surface area contributed by atoms with Crippen molar-refractivity contribution in [2.75, 3.05) is 6.54 Å². The second-order valence-electron chi connectivity index (χ2n) is 6.21. The lowest BCUT2D eigenvalue weighted by molar-refractivity contribution is -0.152. The van der Waals surface area contributed by atoms with E-state index in [1.807, 2.05) is 42.5 Å². The van der Waals surface area contributed by atoms with Gasteiger partial charge in [0, 0.05) is 6.54 Å². The lowest BCUT2D eigenvalue weighted by atomic mass is 9.62. The van der Waals surface area contributed by atoms with Crippen LogP contribution in [0.25, 0.3) is 0 Å². The Kier molecular flexibility index (Phi) is 4.27. The summed E-state index contributed by atoms with van der Waals surface area (Å²) in [5, 5.41) is 12.4. The Labute approximate surface area is 130 Å². The van der Waals surface area contributed by atoms with Gasteiger partial charge < -0.3 is 10.4 Å². The van der Waals surface area contributed by atoms with Gasteiger partial charge in [-0.2, -0.15) is 0 Å². The Morgan fingerprint density at radius 1 is 1.05 bits per heavy atom. The number of aliphatic carboxylic acids is 1. The van der Waals surface area contributed by atoms with Crippen LogP contribution in [0.2, 0.25) is 0 Å². The molecule has 2 bridgehead atoms. The van der Waals surface area contributed by atoms with E-state index in [0.717, 1.165) is 19.3 Å². The van der Waals surface area contributed by atoms with Crippen LogP contribution in [0.3, 0.4) is 0 Å². The van der Waals surface area contributed by atoms with E-state index in [9.17, 15) is 14.7 Å². The minimum Gasteiger partial charge on any atom is -0.481 e. The first-order valence-corrected chi connectivity index (χ1v) is 7.89. The number of hydrogen-bond acceptors (Lipinski definition) is 2. The fourth-order valence-corrected chi connectivity index (χ4v) is 3.78. The average Bonchev–Trinajstić information content (AvgIpc) is 2.55. The molecule has 4 nitrogen and oxygen atoms in total. The van der Waals surface area contributed by atoms with Gasteiger partial charge in [-0.05, 0) is 36.7 Å². The second-order valence-corrected chi connectivity index (χ2v) is 6.21. The number of allylic oxidation sites excluding steroid dienone is 2. The van der Waals surface area contributed by atoms with Crippen LogP contribution < -0.4 is 5.32 Å². The van der Waals surface area contributed by atoms with E-state index in [1.165, 1.54) is 5.56 Å². The topological polar surface area (TPSA) is 66.4 Å². The van der Waals surface area contributed by atoms with E-state index in [4.69, 9.17) is 0 Å². The normalized spacial score (nSPS) is 29.3. The van der Waals surface area contributed by atoms with E-state index in [-0.39, 0.29) is 17.7 Å². The van der Waals surface area contributed by atoms with Crippen LogP contribution in [0.5, 0.6) is 0 Å². The van der Waals surface area contributed by atoms with Crippen molar-refractivity contribution >= 4 is 11.9 Å². The summed E-state index contributed by atoms with van der Waals surface area (Å²) in [5.74, 6) is -1.86. The number of carbonyl (C=O) groups is 2. The zero-order chi connectivity index (χ0) is 15.5. The highest BCUT2D eigenvalue weighted by molar-refractivity contribution is 5.86. The van der Waals surface area contributed by atoms with Gasteiger partial charge in [-0.25, -0.2) is 0 Å². The van der Waals surface area contributed by atoms with E-state index < -0.39 is 17.8 Å². The summed E-state index contributed by atoms with van der Waals surface area (Å²) in [4.78, 5) is 24.0. The lowest BCUT2D eigenvalue weighted by Crippen LogP contribution is -2.49. The zero-order valence-electron chi connectivity index (χ0n) is 12.4. The highest BCUT2D eigenvalue weighted by Gasteiger charge is 2.47. The second kappa shape index (κ2) is 6.34. The summed E-state index contributed by atoms with van der Waals surface area (Å²) in [6.07, 6.45) is 6.59. The van der Waals surface area contributed by atoms with E-state index in [2.05, 4.69) is 5.32 Å². The molecule has 0 aliphatic heterocycles. The van der Waals surface area contributed by atoms with Crippen LogP contribution in [0.15, 0.2) is 42.5 Å². The van der Waals surface area contributed by atoms with Crippen LogP contribution in [0.1, 0.15) is 18.4 Å². The third-order valence-electron chi connectivity index (χ3n) is 4.89. The van der Waals surface area contributed by atoms with Gasteiger partial charge in [-0.3, -0.25) is 9.59 Å². The van der Waals surface area contributed by atoms with Gasteiger partial charge in [-0.15, -0.1) is 0 Å². The molecule has 0 heterocycles. The number of rotatable bonds is 5. The molecule has 1 saturated carbocycles. The molecule has 0 aromatic heterocycles. The van der Waals surface area contributed by atoms with Gasteiger partial charge in [0.25, 0.3) is 0 Å². The summed E-state index contributed by atoms with van der Waals surface area (Å²) >= 11 is 0. The van der Waals surface area contributed by atoms with Gasteiger partial charge in [0.15, 0.2) is 0 Å². The first-order valence-electron chi connectivity index (χ1n) is 7.89. The Balaban J connectivity index is 1.61. The summed E-state index contributed by atoms with van der Waals surface area (Å²) in [6.45, 7) is 0.548. The molecule has 1 fully saturated rings. The smallest absolute Gasteiger partial charge is 0.307 e. The summed E-state index contributed by atoms with van der Waals surface area (Å²) in [6, 6.07) is 9.96. The van der Waals surface area contributed by atoms with Gasteiger partial charge in [0.05, 0.1) is 11.8 Å². The molecule has 0 saturated heterocycles. The van der Waals surface area contributed by atoms with Crippen LogP contribution in [0, 0.1) is 23.7 Å². The fourth-order valence-electron chi connectivity index (χ4n) is 3.78. The quantitative estimate of drug-likeness (QED) is 0.820. The van der Waals surface area contributed by atoms with Crippen molar-refractivity contribution in [2.24, 2.45) is 23.7 Å². The maximum Gasteiger partial charge on any atom is 0.307 e. The monoisotopic (exact) mass is 299 g/mol. The fraction of sp³-hybridized carbons (Fsp3) is 0.444. The maximum atomic E-state index is 12.5. The third-order valence-corrected chi connectivity index (χ3v) is 4.89. The summed E-state index contributed by atoms with van der Waals surface area (Å²) in [5.41, 5.74) is 1.17. The molecule has 1 aromatic carbocycles. The van der Waals surface area contributed by atoms with Crippen molar-refractivity contribution in [3.8, 4) is 0 Å². The molecule has 0 radical (unpaired) electrons. The predicted octanol–water partition coefficient (Wildman–Crippen LogP) is 2.26. The van der Waals surface area contributed by atoms with Crippen LogP contribution >= 0.6 is 0 Å². The van der Waals surface area contributed by atoms with E-state index >= 15 is 0 Å². The number of hydrogen-bond donors (Lipinski definition) is 2. The van der Waals surface area contributed by atoms with Crippen LogP contribution in [-0.2, 0) is 16.0 Å². The molecule has 4 atom stereocenters. The molecule has 116 valence electrons. The standard InChI is InChI=1S/C18H21NO3/c20-17(19-11-10-12-4-2-1-3-5-12)15-13-6-8-14(9-7-13)16(15)18(21)22/h1-6,8,13-16H,7,9-11H2,(H,19,20)(H,21,22)/t13-,14-,15+,16+/m0/s1. The van der Waals surface area contributed by atoms with Crippen molar-refractivity contribution in [2.45, 2.75) is 19.3 Å². The largest absolute Gasteiger partial charge is 0.481 e. The Bertz CT molecular complexity index is 581. The molecule has 3 aliphatic rings. The molecule has 0 unspecified atom stereocenters. The van der Waals surface area contributed by atoms with Crippen molar-refractivity contribution < 1.29 is 14.7 Å². The number of fused-ring (bicyclic) bond motifs is 2. The third kappa shape index (κ3) is 2.91. The Morgan fingerprint density at radius 3 is 2.27 bits per heavy atom. The van der Waals surface area contributed by atoms with Crippen molar-refractivity contribution in [3.05, 3.63) is 48.0 Å². The van der Waals surface area contributed by atoms with Crippen molar-refractivity contribution in [3.63, 3.8) is 0 Å². The molecule has 1 amide bonds. The number of carboxylic acid groups (broad SMARTS) is 1.